The molecule has 0 spiro atoms. The van der Waals surface area contributed by atoms with Crippen molar-refractivity contribution in [3.8, 4) is 0 Å². The van der Waals surface area contributed by atoms with Crippen LogP contribution in [-0.2, 0) is 11.3 Å². The second-order valence-electron chi connectivity index (χ2n) is 5.17. The first-order valence-electron chi connectivity index (χ1n) is 6.46. The topological polar surface area (TPSA) is 38.5 Å². The number of nitrogens with zero attached hydrogens (tertiary/aromatic N) is 1. The molecule has 3 aliphatic rings. The van der Waals surface area contributed by atoms with Crippen LogP contribution in [-0.4, -0.2) is 36.7 Å². The van der Waals surface area contributed by atoms with E-state index in [0.717, 1.165) is 25.7 Å². The zero-order chi connectivity index (χ0) is 11.7. The van der Waals surface area contributed by atoms with Crippen LogP contribution in [0.3, 0.4) is 0 Å². The third kappa shape index (κ3) is 2.23. The van der Waals surface area contributed by atoms with Gasteiger partial charge in [0.15, 0.2) is 0 Å². The normalized spacial score (nSPS) is 31.5. The highest BCUT2D eigenvalue weighted by Crippen LogP contribution is 2.39. The number of nitrogens with two attached hydrogens (primary N) is 1. The minimum atomic E-state index is 0.434. The Hall–Kier alpha value is -0.900. The molecule has 1 saturated carbocycles. The molecule has 92 valence electrons. The molecule has 2 bridgehead atoms. The van der Waals surface area contributed by atoms with E-state index in [1.165, 1.54) is 18.5 Å². The fourth-order valence-electron chi connectivity index (χ4n) is 2.97. The largest absolute Gasteiger partial charge is 0.375 e. The van der Waals surface area contributed by atoms with E-state index < -0.39 is 0 Å². The Morgan fingerprint density at radius 3 is 2.76 bits per heavy atom. The maximum Gasteiger partial charge on any atom is 0.0717 e. The first-order chi connectivity index (χ1) is 8.34. The highest BCUT2D eigenvalue weighted by Gasteiger charge is 2.49. The van der Waals surface area contributed by atoms with Gasteiger partial charge in [0.2, 0.25) is 0 Å². The van der Waals surface area contributed by atoms with Gasteiger partial charge in [0, 0.05) is 25.2 Å². The van der Waals surface area contributed by atoms with E-state index >= 15 is 0 Å². The third-order valence-corrected chi connectivity index (χ3v) is 4.11. The van der Waals surface area contributed by atoms with E-state index in [4.69, 9.17) is 10.5 Å². The first-order valence-corrected chi connectivity index (χ1v) is 6.46. The number of fused-ring (bicyclic) bond motifs is 1. The predicted molar refractivity (Wildman–Crippen MR) is 67.5 cm³/mol. The standard InChI is InChI=1S/C14H20N2O/c15-14-12-8-13(14)16(9-12)6-7-17-10-11-4-2-1-3-5-11/h1-5,12-14H,6-10,15H2. The van der Waals surface area contributed by atoms with Crippen molar-refractivity contribution in [3.05, 3.63) is 35.9 Å². The average molecular weight is 232 g/mol. The maximum absolute atomic E-state index is 6.03. The van der Waals surface area contributed by atoms with E-state index in [0.29, 0.717) is 12.1 Å². The molecule has 2 heterocycles. The smallest absolute Gasteiger partial charge is 0.0717 e. The average Bonchev–Trinajstić information content (AvgIpc) is 2.93. The van der Waals surface area contributed by atoms with Crippen LogP contribution < -0.4 is 5.73 Å². The van der Waals surface area contributed by atoms with Gasteiger partial charge in [-0.1, -0.05) is 30.3 Å². The summed E-state index contributed by atoms with van der Waals surface area (Å²) in [5.41, 5.74) is 7.28. The molecule has 1 aliphatic carbocycles. The van der Waals surface area contributed by atoms with Crippen LogP contribution in [0.15, 0.2) is 30.3 Å². The summed E-state index contributed by atoms with van der Waals surface area (Å²) in [7, 11) is 0. The van der Waals surface area contributed by atoms with Crippen molar-refractivity contribution in [1.29, 1.82) is 0 Å². The first kappa shape index (κ1) is 11.2. The summed E-state index contributed by atoms with van der Waals surface area (Å²) in [6, 6.07) is 11.4. The summed E-state index contributed by atoms with van der Waals surface area (Å²) in [6.45, 7) is 3.74. The molecule has 0 radical (unpaired) electrons. The molecule has 17 heavy (non-hydrogen) atoms. The van der Waals surface area contributed by atoms with Gasteiger partial charge in [-0.2, -0.15) is 0 Å². The Labute approximate surface area is 103 Å². The summed E-state index contributed by atoms with van der Waals surface area (Å²) in [6.07, 6.45) is 1.31. The zero-order valence-electron chi connectivity index (χ0n) is 10.1. The van der Waals surface area contributed by atoms with Gasteiger partial charge in [0.1, 0.15) is 0 Å². The fraction of sp³-hybridized carbons (Fsp3) is 0.571. The summed E-state index contributed by atoms with van der Waals surface area (Å²) in [4.78, 5) is 2.49. The zero-order valence-corrected chi connectivity index (χ0v) is 10.1. The lowest BCUT2D eigenvalue weighted by Gasteiger charge is -2.33. The number of benzene rings is 1. The van der Waals surface area contributed by atoms with E-state index in [-0.39, 0.29) is 0 Å². The second kappa shape index (κ2) is 4.77. The van der Waals surface area contributed by atoms with Gasteiger partial charge < -0.3 is 10.5 Å². The van der Waals surface area contributed by atoms with Gasteiger partial charge in [-0.25, -0.2) is 0 Å². The lowest BCUT2D eigenvalue weighted by molar-refractivity contribution is 0.0888. The monoisotopic (exact) mass is 232 g/mol. The molecule has 3 heteroatoms. The van der Waals surface area contributed by atoms with Gasteiger partial charge in [0.25, 0.3) is 0 Å². The summed E-state index contributed by atoms with van der Waals surface area (Å²) in [5.74, 6) is 0.758. The molecule has 2 N–H and O–H groups in total. The number of hydrogen-bond acceptors (Lipinski definition) is 3. The Kier molecular flexibility index (Phi) is 3.14. The summed E-state index contributed by atoms with van der Waals surface area (Å²) < 4.78 is 5.70. The molecule has 2 saturated heterocycles. The van der Waals surface area contributed by atoms with Crippen molar-refractivity contribution in [3.63, 3.8) is 0 Å². The van der Waals surface area contributed by atoms with E-state index in [9.17, 15) is 0 Å². The molecule has 4 rings (SSSR count). The van der Waals surface area contributed by atoms with Crippen molar-refractivity contribution >= 4 is 0 Å². The maximum atomic E-state index is 6.03. The quantitative estimate of drug-likeness (QED) is 0.776. The molecule has 0 aromatic heterocycles. The van der Waals surface area contributed by atoms with Crippen LogP contribution in [0.5, 0.6) is 0 Å². The van der Waals surface area contributed by atoms with Crippen molar-refractivity contribution in [1.82, 2.24) is 4.90 Å². The van der Waals surface area contributed by atoms with Crippen LogP contribution >= 0.6 is 0 Å². The highest BCUT2D eigenvalue weighted by molar-refractivity contribution is 5.13. The van der Waals surface area contributed by atoms with Crippen LogP contribution in [0.2, 0.25) is 0 Å². The second-order valence-corrected chi connectivity index (χ2v) is 5.17. The summed E-state index contributed by atoms with van der Waals surface area (Å²) in [5, 5.41) is 0. The lowest BCUT2D eigenvalue weighted by atomic mass is 9.81. The molecule has 0 amide bonds. The van der Waals surface area contributed by atoms with Crippen molar-refractivity contribution in [2.75, 3.05) is 19.7 Å². The van der Waals surface area contributed by atoms with Crippen LogP contribution in [0, 0.1) is 5.92 Å². The number of hydrogen-bond donors (Lipinski definition) is 1. The van der Waals surface area contributed by atoms with Crippen LogP contribution in [0.1, 0.15) is 12.0 Å². The molecule has 1 aromatic rings. The van der Waals surface area contributed by atoms with Gasteiger partial charge in [-0.3, -0.25) is 4.90 Å². The van der Waals surface area contributed by atoms with Crippen molar-refractivity contribution in [2.45, 2.75) is 25.1 Å². The van der Waals surface area contributed by atoms with E-state index in [2.05, 4.69) is 17.0 Å². The molecule has 1 aromatic carbocycles. The molecule has 3 unspecified atom stereocenters. The molecule has 3 atom stereocenters. The SMILES string of the molecule is NC1C2CC1N(CCOCc1ccccc1)C2. The summed E-state index contributed by atoms with van der Waals surface area (Å²) >= 11 is 0. The molecule has 3 fully saturated rings. The fourth-order valence-corrected chi connectivity index (χ4v) is 2.97. The Balaban J connectivity index is 1.36. The molecule has 2 aliphatic heterocycles. The minimum absolute atomic E-state index is 0.434. The molecule has 3 nitrogen and oxygen atoms in total. The lowest BCUT2D eigenvalue weighted by Crippen LogP contribution is -2.49. The predicted octanol–water partition coefficient (Wildman–Crippen LogP) is 1.23. The highest BCUT2D eigenvalue weighted by atomic mass is 16.5. The Bertz CT molecular complexity index is 368. The Morgan fingerprint density at radius 1 is 1.29 bits per heavy atom. The minimum Gasteiger partial charge on any atom is -0.375 e. The molecular weight excluding hydrogens is 212 g/mol. The third-order valence-electron chi connectivity index (χ3n) is 4.11. The van der Waals surface area contributed by atoms with Gasteiger partial charge in [-0.05, 0) is 17.9 Å². The van der Waals surface area contributed by atoms with Gasteiger partial charge >= 0.3 is 0 Å². The number of rotatable bonds is 5. The Morgan fingerprint density at radius 2 is 2.12 bits per heavy atom. The van der Waals surface area contributed by atoms with Crippen molar-refractivity contribution < 1.29 is 4.74 Å². The number of ether oxygens (including phenoxy) is 1. The van der Waals surface area contributed by atoms with Gasteiger partial charge in [-0.15, -0.1) is 0 Å². The van der Waals surface area contributed by atoms with Crippen LogP contribution in [0.4, 0.5) is 0 Å². The van der Waals surface area contributed by atoms with Crippen LogP contribution in [0.25, 0.3) is 0 Å². The van der Waals surface area contributed by atoms with E-state index in [1.54, 1.807) is 0 Å². The van der Waals surface area contributed by atoms with Gasteiger partial charge in [0.05, 0.1) is 13.2 Å². The van der Waals surface area contributed by atoms with E-state index in [1.807, 2.05) is 18.2 Å². The molecular formula is C14H20N2O. The van der Waals surface area contributed by atoms with Crippen molar-refractivity contribution in [2.24, 2.45) is 11.7 Å².